The van der Waals surface area contributed by atoms with Crippen molar-refractivity contribution in [3.8, 4) is 11.3 Å². The summed E-state index contributed by atoms with van der Waals surface area (Å²) in [4.78, 5) is 20.8. The van der Waals surface area contributed by atoms with Crippen LogP contribution < -0.4 is 4.90 Å². The molecule has 1 heterocycles. The van der Waals surface area contributed by atoms with Crippen LogP contribution in [0.5, 0.6) is 0 Å². The van der Waals surface area contributed by atoms with E-state index < -0.39 is 0 Å². The lowest BCUT2D eigenvalue weighted by Crippen LogP contribution is -2.32. The fourth-order valence-electron chi connectivity index (χ4n) is 2.52. The summed E-state index contributed by atoms with van der Waals surface area (Å²) >= 11 is 7.43. The zero-order valence-corrected chi connectivity index (χ0v) is 16.0. The van der Waals surface area contributed by atoms with Gasteiger partial charge < -0.3 is 4.90 Å². The molecule has 0 saturated heterocycles. The Morgan fingerprint density at radius 3 is 2.42 bits per heavy atom. The van der Waals surface area contributed by atoms with Crippen molar-refractivity contribution in [1.29, 1.82) is 0 Å². The van der Waals surface area contributed by atoms with E-state index in [1.807, 2.05) is 29.6 Å². The molecule has 130 valence electrons. The first-order chi connectivity index (χ1) is 11.5. The second-order valence-corrected chi connectivity index (χ2v) is 6.85. The molecule has 1 aromatic heterocycles. The molecule has 0 unspecified atom stereocenters. The Kier molecular flexibility index (Phi) is 7.21. The Hall–Kier alpha value is -1.43. The van der Waals surface area contributed by atoms with Crippen molar-refractivity contribution in [3.63, 3.8) is 0 Å². The normalized spacial score (nSPS) is 11.0. The Labute approximate surface area is 153 Å². The van der Waals surface area contributed by atoms with Crippen molar-refractivity contribution in [2.24, 2.45) is 0 Å². The van der Waals surface area contributed by atoms with Crippen LogP contribution in [-0.2, 0) is 4.79 Å². The molecule has 0 saturated carbocycles. The summed E-state index contributed by atoms with van der Waals surface area (Å²) < 4.78 is 0. The molecule has 2 aromatic rings. The summed E-state index contributed by atoms with van der Waals surface area (Å²) in [6.45, 7) is 9.67. The largest absolute Gasteiger partial charge is 0.304 e. The number of anilines is 1. The third kappa shape index (κ3) is 5.03. The molecule has 24 heavy (non-hydrogen) atoms. The molecule has 1 aromatic carbocycles. The minimum Gasteiger partial charge on any atom is -0.304 e. The zero-order chi connectivity index (χ0) is 17.5. The van der Waals surface area contributed by atoms with Gasteiger partial charge in [-0.25, -0.2) is 4.98 Å². The first-order valence-electron chi connectivity index (χ1n) is 8.27. The van der Waals surface area contributed by atoms with Gasteiger partial charge in [-0.2, -0.15) is 0 Å². The number of carbonyl (C=O) groups is 1. The molecule has 0 aliphatic heterocycles. The smallest absolute Gasteiger partial charge is 0.225 e. The maximum atomic E-state index is 12.0. The molecule has 0 bridgehead atoms. The third-order valence-electron chi connectivity index (χ3n) is 3.99. The number of carbonyl (C=O) groups excluding carboxylic acids is 1. The van der Waals surface area contributed by atoms with Crippen LogP contribution in [0.3, 0.4) is 0 Å². The highest BCUT2D eigenvalue weighted by atomic mass is 35.5. The first kappa shape index (κ1) is 18.9. The molecule has 0 fully saturated rings. The van der Waals surface area contributed by atoms with Crippen molar-refractivity contribution in [3.05, 3.63) is 34.7 Å². The van der Waals surface area contributed by atoms with Crippen LogP contribution in [0.4, 0.5) is 5.13 Å². The number of thiazole rings is 1. The van der Waals surface area contributed by atoms with Gasteiger partial charge in [0, 0.05) is 29.4 Å². The molecule has 2 rings (SSSR count). The summed E-state index contributed by atoms with van der Waals surface area (Å²) in [5.74, 6) is 0.0338. The highest BCUT2D eigenvalue weighted by Gasteiger charge is 2.16. The maximum Gasteiger partial charge on any atom is 0.225 e. The lowest BCUT2D eigenvalue weighted by Gasteiger charge is -2.21. The molecule has 4 nitrogen and oxygen atoms in total. The zero-order valence-electron chi connectivity index (χ0n) is 14.5. The predicted octanol–water partition coefficient (Wildman–Crippen LogP) is 4.55. The summed E-state index contributed by atoms with van der Waals surface area (Å²) in [5.41, 5.74) is 1.88. The van der Waals surface area contributed by atoms with E-state index >= 15 is 0 Å². The summed E-state index contributed by atoms with van der Waals surface area (Å²) in [7, 11) is 0. The lowest BCUT2D eigenvalue weighted by atomic mass is 10.2. The van der Waals surface area contributed by atoms with Crippen LogP contribution >= 0.6 is 22.9 Å². The Bertz CT molecular complexity index is 653. The van der Waals surface area contributed by atoms with Gasteiger partial charge in [0.15, 0.2) is 5.13 Å². The van der Waals surface area contributed by atoms with Crippen LogP contribution in [0.15, 0.2) is 29.6 Å². The van der Waals surface area contributed by atoms with Gasteiger partial charge in [-0.15, -0.1) is 11.3 Å². The number of nitrogens with zero attached hydrogens (tertiary/aromatic N) is 3. The monoisotopic (exact) mass is 365 g/mol. The van der Waals surface area contributed by atoms with Gasteiger partial charge in [-0.05, 0) is 38.2 Å². The Morgan fingerprint density at radius 2 is 1.83 bits per heavy atom. The second kappa shape index (κ2) is 9.16. The van der Waals surface area contributed by atoms with Crippen molar-refractivity contribution >= 4 is 34.0 Å². The van der Waals surface area contributed by atoms with Gasteiger partial charge in [-0.1, -0.05) is 37.6 Å². The SMILES string of the molecule is CCN(CC)CCCN(C(C)=O)c1nc(-c2ccc(Cl)cc2)cs1. The van der Waals surface area contributed by atoms with E-state index in [1.54, 1.807) is 11.8 Å². The summed E-state index contributed by atoms with van der Waals surface area (Å²) in [6.07, 6.45) is 0.942. The van der Waals surface area contributed by atoms with Gasteiger partial charge in [0.05, 0.1) is 5.69 Å². The minimum atomic E-state index is 0.0338. The van der Waals surface area contributed by atoms with Gasteiger partial charge >= 0.3 is 0 Å². The molecule has 0 aliphatic carbocycles. The van der Waals surface area contributed by atoms with E-state index in [-0.39, 0.29) is 5.91 Å². The first-order valence-corrected chi connectivity index (χ1v) is 9.52. The van der Waals surface area contributed by atoms with E-state index in [0.29, 0.717) is 11.6 Å². The lowest BCUT2D eigenvalue weighted by molar-refractivity contribution is -0.116. The third-order valence-corrected chi connectivity index (χ3v) is 5.11. The average Bonchev–Trinajstić information content (AvgIpc) is 3.05. The highest BCUT2D eigenvalue weighted by Crippen LogP contribution is 2.28. The molecular weight excluding hydrogens is 342 g/mol. The molecule has 6 heteroatoms. The van der Waals surface area contributed by atoms with Crippen LogP contribution in [0, 0.1) is 0 Å². The molecule has 1 amide bonds. The van der Waals surface area contributed by atoms with Gasteiger partial charge in [-0.3, -0.25) is 9.69 Å². The summed E-state index contributed by atoms with van der Waals surface area (Å²) in [6, 6.07) is 7.59. The van der Waals surface area contributed by atoms with Crippen LogP contribution in [0.25, 0.3) is 11.3 Å². The van der Waals surface area contributed by atoms with E-state index in [4.69, 9.17) is 11.6 Å². The van der Waals surface area contributed by atoms with Crippen molar-refractivity contribution < 1.29 is 4.79 Å². The number of amides is 1. The predicted molar refractivity (Wildman–Crippen MR) is 103 cm³/mol. The number of halogens is 1. The average molecular weight is 366 g/mol. The van der Waals surface area contributed by atoms with E-state index in [1.165, 1.54) is 11.3 Å². The van der Waals surface area contributed by atoms with Gasteiger partial charge in [0.25, 0.3) is 0 Å². The quantitative estimate of drug-likeness (QED) is 0.688. The fraction of sp³-hybridized carbons (Fsp3) is 0.444. The topological polar surface area (TPSA) is 36.4 Å². The van der Waals surface area contributed by atoms with Crippen molar-refractivity contribution in [1.82, 2.24) is 9.88 Å². The van der Waals surface area contributed by atoms with Crippen LogP contribution in [-0.4, -0.2) is 42.0 Å². The number of hydrogen-bond donors (Lipinski definition) is 0. The van der Waals surface area contributed by atoms with E-state index in [0.717, 1.165) is 42.4 Å². The number of benzene rings is 1. The highest BCUT2D eigenvalue weighted by molar-refractivity contribution is 7.14. The molecule has 0 aliphatic rings. The molecule has 0 N–H and O–H groups in total. The van der Waals surface area contributed by atoms with E-state index in [2.05, 4.69) is 23.7 Å². The van der Waals surface area contributed by atoms with Crippen LogP contribution in [0.1, 0.15) is 27.2 Å². The number of rotatable bonds is 8. The molecule has 0 atom stereocenters. The molecule has 0 spiro atoms. The number of hydrogen-bond acceptors (Lipinski definition) is 4. The minimum absolute atomic E-state index is 0.0338. The summed E-state index contributed by atoms with van der Waals surface area (Å²) in [5, 5.41) is 3.45. The molecular formula is C18H24ClN3OS. The Morgan fingerprint density at radius 1 is 1.17 bits per heavy atom. The standard InChI is InChI=1S/C18H24ClN3OS/c1-4-21(5-2)11-6-12-22(14(3)23)18-20-17(13-24-18)15-7-9-16(19)10-8-15/h7-10,13H,4-6,11-12H2,1-3H3. The second-order valence-electron chi connectivity index (χ2n) is 5.57. The number of aromatic nitrogens is 1. The van der Waals surface area contributed by atoms with Gasteiger partial charge in [0.1, 0.15) is 0 Å². The van der Waals surface area contributed by atoms with Crippen molar-refractivity contribution in [2.75, 3.05) is 31.1 Å². The molecule has 0 radical (unpaired) electrons. The van der Waals surface area contributed by atoms with Crippen LogP contribution in [0.2, 0.25) is 5.02 Å². The van der Waals surface area contributed by atoms with Gasteiger partial charge in [0.2, 0.25) is 5.91 Å². The maximum absolute atomic E-state index is 12.0. The fourth-order valence-corrected chi connectivity index (χ4v) is 3.55. The van der Waals surface area contributed by atoms with E-state index in [9.17, 15) is 4.79 Å². The Balaban J connectivity index is 2.06. The van der Waals surface area contributed by atoms with Crippen molar-refractivity contribution in [2.45, 2.75) is 27.2 Å².